The number of benzene rings is 1. The Bertz CT molecular complexity index is 1190. The van der Waals surface area contributed by atoms with Crippen LogP contribution in [0.25, 0.3) is 0 Å². The molecule has 9 nitrogen and oxygen atoms in total. The van der Waals surface area contributed by atoms with Crippen LogP contribution < -0.4 is 5.32 Å². The molecule has 1 saturated carbocycles. The highest BCUT2D eigenvalue weighted by Gasteiger charge is 2.55. The van der Waals surface area contributed by atoms with Crippen molar-refractivity contribution in [1.82, 2.24) is 20.0 Å². The summed E-state index contributed by atoms with van der Waals surface area (Å²) in [5, 5.41) is 2.37. The lowest BCUT2D eigenvalue weighted by Gasteiger charge is -2.62. The molecule has 4 amide bonds. The van der Waals surface area contributed by atoms with Crippen LogP contribution in [0.15, 0.2) is 18.2 Å². The quantitative estimate of drug-likeness (QED) is 0.594. The lowest BCUT2D eigenvalue weighted by Crippen LogP contribution is -2.75. The third-order valence-electron chi connectivity index (χ3n) is 9.21. The molecule has 9 heteroatoms. The van der Waals surface area contributed by atoms with E-state index < -0.39 is 11.6 Å². The van der Waals surface area contributed by atoms with Gasteiger partial charge in [-0.05, 0) is 69.6 Å². The maximum absolute atomic E-state index is 13.1. The molecular weight excluding hydrogens is 496 g/mol. The maximum Gasteiger partial charge on any atom is 0.410 e. The minimum absolute atomic E-state index is 0.117. The Kier molecular flexibility index (Phi) is 6.48. The van der Waals surface area contributed by atoms with Crippen molar-refractivity contribution in [2.75, 3.05) is 26.2 Å². The van der Waals surface area contributed by atoms with Gasteiger partial charge in [0.15, 0.2) is 0 Å². The number of fused-ring (bicyclic) bond motifs is 1. The van der Waals surface area contributed by atoms with Crippen LogP contribution in [0.1, 0.15) is 80.8 Å². The van der Waals surface area contributed by atoms with Crippen molar-refractivity contribution in [2.24, 2.45) is 11.3 Å². The molecule has 3 atom stereocenters. The summed E-state index contributed by atoms with van der Waals surface area (Å²) >= 11 is 0. The van der Waals surface area contributed by atoms with E-state index in [1.807, 2.05) is 31.7 Å². The van der Waals surface area contributed by atoms with Gasteiger partial charge in [-0.25, -0.2) is 4.79 Å². The van der Waals surface area contributed by atoms with E-state index in [4.69, 9.17) is 4.74 Å². The van der Waals surface area contributed by atoms with Crippen molar-refractivity contribution in [3.63, 3.8) is 0 Å². The van der Waals surface area contributed by atoms with Gasteiger partial charge in [0.2, 0.25) is 11.8 Å². The number of hydrogen-bond donors (Lipinski definition) is 1. The average molecular weight is 537 g/mol. The highest BCUT2D eigenvalue weighted by molar-refractivity contribution is 6.05. The van der Waals surface area contributed by atoms with Crippen LogP contribution in [0, 0.1) is 11.3 Å². The van der Waals surface area contributed by atoms with Crippen molar-refractivity contribution in [3.05, 3.63) is 34.9 Å². The zero-order chi connectivity index (χ0) is 27.5. The number of ether oxygens (including phenoxy) is 1. The number of likely N-dealkylation sites (tertiary alicyclic amines) is 2. The summed E-state index contributed by atoms with van der Waals surface area (Å²) in [5.74, 6) is -0.186. The minimum Gasteiger partial charge on any atom is -0.444 e. The van der Waals surface area contributed by atoms with Crippen molar-refractivity contribution < 1.29 is 23.9 Å². The van der Waals surface area contributed by atoms with Gasteiger partial charge in [-0.1, -0.05) is 25.0 Å². The molecule has 1 aliphatic carbocycles. The molecule has 6 rings (SSSR count). The van der Waals surface area contributed by atoms with E-state index in [2.05, 4.69) is 22.3 Å². The van der Waals surface area contributed by atoms with Gasteiger partial charge < -0.3 is 14.5 Å². The average Bonchev–Trinajstić information content (AvgIpc) is 3.12. The number of hydrogen-bond acceptors (Lipinski definition) is 6. The lowest BCUT2D eigenvalue weighted by molar-refractivity contribution is -0.137. The van der Waals surface area contributed by atoms with Crippen LogP contribution in [0.4, 0.5) is 4.79 Å². The number of piperidine rings is 1. The monoisotopic (exact) mass is 536 g/mol. The smallest absolute Gasteiger partial charge is 0.410 e. The van der Waals surface area contributed by atoms with Crippen molar-refractivity contribution in [1.29, 1.82) is 0 Å². The van der Waals surface area contributed by atoms with E-state index in [1.165, 1.54) is 31.2 Å². The first-order chi connectivity index (χ1) is 18.5. The maximum atomic E-state index is 13.1. The zero-order valence-corrected chi connectivity index (χ0v) is 23.3. The van der Waals surface area contributed by atoms with Crippen molar-refractivity contribution >= 4 is 23.8 Å². The predicted octanol–water partition coefficient (Wildman–Crippen LogP) is 3.10. The standard InChI is InChI=1S/C30H40N4O5/c1-29(2,3)39-28(38)33-17-30(18-33)15-32(16-30)23-7-5-4-6-20(23)12-19-8-9-22-21(13-19)14-34(27(22)37)24-10-11-25(35)31-26(24)36/h8-9,13,20,23-24H,4-7,10-12,14-18H2,1-3H3,(H,31,35,36)/t20-,23+,24?/m1/s1. The Labute approximate surface area is 230 Å². The highest BCUT2D eigenvalue weighted by Crippen LogP contribution is 2.45. The predicted molar refractivity (Wildman–Crippen MR) is 144 cm³/mol. The molecule has 1 spiro atoms. The van der Waals surface area contributed by atoms with E-state index in [1.54, 1.807) is 4.90 Å². The van der Waals surface area contributed by atoms with E-state index in [-0.39, 0.29) is 35.7 Å². The summed E-state index contributed by atoms with van der Waals surface area (Å²) in [6, 6.07) is 6.14. The molecule has 0 bridgehead atoms. The number of nitrogens with zero attached hydrogens (tertiary/aromatic N) is 3. The molecule has 4 aliphatic heterocycles. The van der Waals surface area contributed by atoms with Crippen LogP contribution in [0.2, 0.25) is 0 Å². The van der Waals surface area contributed by atoms with Gasteiger partial charge in [0.1, 0.15) is 11.6 Å². The Morgan fingerprint density at radius 1 is 1.05 bits per heavy atom. The first-order valence-corrected chi connectivity index (χ1v) is 14.5. The normalized spacial score (nSPS) is 28.6. The van der Waals surface area contributed by atoms with Crippen LogP contribution in [0.3, 0.4) is 0 Å². The van der Waals surface area contributed by atoms with E-state index in [0.717, 1.165) is 38.2 Å². The molecule has 0 aromatic heterocycles. The Balaban J connectivity index is 1.06. The van der Waals surface area contributed by atoms with Gasteiger partial charge in [0.25, 0.3) is 5.91 Å². The van der Waals surface area contributed by atoms with Crippen LogP contribution in [-0.2, 0) is 27.3 Å². The van der Waals surface area contributed by atoms with Crippen molar-refractivity contribution in [3.8, 4) is 0 Å². The van der Waals surface area contributed by atoms with Gasteiger partial charge in [-0.15, -0.1) is 0 Å². The topological polar surface area (TPSA) is 99.3 Å². The van der Waals surface area contributed by atoms with E-state index >= 15 is 0 Å². The van der Waals surface area contributed by atoms with Crippen molar-refractivity contribution in [2.45, 2.75) is 89.9 Å². The zero-order valence-electron chi connectivity index (χ0n) is 23.3. The second kappa shape index (κ2) is 9.61. The Morgan fingerprint density at radius 2 is 1.79 bits per heavy atom. The summed E-state index contributed by atoms with van der Waals surface area (Å²) in [4.78, 5) is 55.5. The summed E-state index contributed by atoms with van der Waals surface area (Å²) in [5.41, 5.74) is 2.67. The number of imide groups is 1. The van der Waals surface area contributed by atoms with Gasteiger partial charge in [0.05, 0.1) is 0 Å². The fourth-order valence-electron chi connectivity index (χ4n) is 7.43. The summed E-state index contributed by atoms with van der Waals surface area (Å²) in [6.07, 6.45) is 6.36. The first kappa shape index (κ1) is 26.3. The second-order valence-electron chi connectivity index (χ2n) is 13.4. The highest BCUT2D eigenvalue weighted by atomic mass is 16.6. The Morgan fingerprint density at radius 3 is 2.51 bits per heavy atom. The lowest BCUT2D eigenvalue weighted by atomic mass is 9.69. The van der Waals surface area contributed by atoms with E-state index in [0.29, 0.717) is 30.5 Å². The second-order valence-corrected chi connectivity index (χ2v) is 13.4. The first-order valence-electron chi connectivity index (χ1n) is 14.5. The largest absolute Gasteiger partial charge is 0.444 e. The fourth-order valence-corrected chi connectivity index (χ4v) is 7.43. The van der Waals surface area contributed by atoms with Gasteiger partial charge in [0, 0.05) is 56.2 Å². The van der Waals surface area contributed by atoms with E-state index in [9.17, 15) is 19.2 Å². The molecule has 1 aromatic rings. The third kappa shape index (κ3) is 5.06. The summed E-state index contributed by atoms with van der Waals surface area (Å²) < 4.78 is 5.54. The van der Waals surface area contributed by atoms with Gasteiger partial charge >= 0.3 is 6.09 Å². The number of carbonyl (C=O) groups is 4. The number of amides is 4. The Hall–Kier alpha value is -2.94. The molecular formula is C30H40N4O5. The molecule has 3 saturated heterocycles. The molecule has 1 aromatic carbocycles. The summed E-state index contributed by atoms with van der Waals surface area (Å²) in [7, 11) is 0. The number of nitrogens with one attached hydrogen (secondary N) is 1. The van der Waals surface area contributed by atoms with Crippen LogP contribution >= 0.6 is 0 Å². The third-order valence-corrected chi connectivity index (χ3v) is 9.21. The number of rotatable bonds is 4. The minimum atomic E-state index is -0.578. The molecule has 39 heavy (non-hydrogen) atoms. The molecule has 4 fully saturated rings. The van der Waals surface area contributed by atoms with Crippen LogP contribution in [-0.4, -0.2) is 82.4 Å². The molecule has 210 valence electrons. The molecule has 1 unspecified atom stereocenters. The molecule has 4 heterocycles. The number of carbonyl (C=O) groups excluding carboxylic acids is 4. The SMILES string of the molecule is CC(C)(C)OC(=O)N1CC2(C1)CN([C@H]1CCCC[C@@H]1Cc1ccc3c(c1)CN(C1CCC(=O)NC1=O)C3=O)C2. The van der Waals surface area contributed by atoms with Crippen LogP contribution in [0.5, 0.6) is 0 Å². The van der Waals surface area contributed by atoms with Gasteiger partial charge in [-0.2, -0.15) is 0 Å². The van der Waals surface area contributed by atoms with Gasteiger partial charge in [-0.3, -0.25) is 24.6 Å². The fraction of sp³-hybridized carbons (Fsp3) is 0.667. The molecule has 5 aliphatic rings. The molecule has 0 radical (unpaired) electrons. The summed E-state index contributed by atoms with van der Waals surface area (Å²) in [6.45, 7) is 9.81. The molecule has 1 N–H and O–H groups in total.